The molecule has 0 saturated heterocycles. The molecule has 21 heavy (non-hydrogen) atoms. The second kappa shape index (κ2) is 5.37. The Morgan fingerprint density at radius 2 is 1.90 bits per heavy atom. The van der Waals surface area contributed by atoms with E-state index in [1.165, 1.54) is 0 Å². The Labute approximate surface area is 121 Å². The number of hydrogen-bond acceptors (Lipinski definition) is 6. The molecule has 0 bridgehead atoms. The van der Waals surface area contributed by atoms with Crippen molar-refractivity contribution in [3.05, 3.63) is 23.8 Å². The van der Waals surface area contributed by atoms with E-state index in [-0.39, 0.29) is 19.2 Å². The van der Waals surface area contributed by atoms with Gasteiger partial charge < -0.3 is 19.3 Å². The highest BCUT2D eigenvalue weighted by Gasteiger charge is 2.40. The van der Waals surface area contributed by atoms with Crippen molar-refractivity contribution in [3.8, 4) is 11.5 Å². The minimum absolute atomic E-state index is 0.134. The highest BCUT2D eigenvalue weighted by Crippen LogP contribution is 2.33. The molecule has 6 heteroatoms. The fraction of sp³-hybridized carbons (Fsp3) is 0.467. The van der Waals surface area contributed by atoms with Gasteiger partial charge in [0.25, 0.3) is 0 Å². The molecule has 1 heterocycles. The predicted molar refractivity (Wildman–Crippen MR) is 71.3 cm³/mol. The smallest absolute Gasteiger partial charge is 0.338 e. The van der Waals surface area contributed by atoms with Crippen LogP contribution in [0.3, 0.4) is 0 Å². The standard InChI is InChI=1S/C15H16O6/c16-11(8-19-14(17)15(18)5-1-2-6-15)10-3-4-12-13(7-10)21-9-20-12/h3-4,7,18H,1-2,5-6,8-9H2. The molecule has 1 aromatic rings. The third-order valence-corrected chi connectivity index (χ3v) is 3.84. The van der Waals surface area contributed by atoms with Gasteiger partial charge in [-0.3, -0.25) is 4.79 Å². The summed E-state index contributed by atoms with van der Waals surface area (Å²) in [5.74, 6) is 0.0303. The molecule has 0 radical (unpaired) electrons. The van der Waals surface area contributed by atoms with Gasteiger partial charge in [-0.1, -0.05) is 0 Å². The lowest BCUT2D eigenvalue weighted by Crippen LogP contribution is -2.37. The van der Waals surface area contributed by atoms with Gasteiger partial charge in [0.05, 0.1) is 0 Å². The lowest BCUT2D eigenvalue weighted by molar-refractivity contribution is -0.163. The number of fused-ring (bicyclic) bond motifs is 1. The van der Waals surface area contributed by atoms with Crippen LogP contribution in [0.25, 0.3) is 0 Å². The molecule has 0 aromatic heterocycles. The van der Waals surface area contributed by atoms with Gasteiger partial charge in [0, 0.05) is 5.56 Å². The summed E-state index contributed by atoms with van der Waals surface area (Å²) in [4.78, 5) is 23.8. The maximum Gasteiger partial charge on any atom is 0.338 e. The average Bonchev–Trinajstić information content (AvgIpc) is 3.12. The van der Waals surface area contributed by atoms with Crippen molar-refractivity contribution in [3.63, 3.8) is 0 Å². The van der Waals surface area contributed by atoms with Gasteiger partial charge in [0.1, 0.15) is 0 Å². The van der Waals surface area contributed by atoms with Crippen LogP contribution in [0.2, 0.25) is 0 Å². The predicted octanol–water partition coefficient (Wildman–Crippen LogP) is 1.45. The summed E-state index contributed by atoms with van der Waals surface area (Å²) in [6.45, 7) is -0.254. The number of aliphatic hydroxyl groups is 1. The van der Waals surface area contributed by atoms with Crippen molar-refractivity contribution in [1.82, 2.24) is 0 Å². The topological polar surface area (TPSA) is 82.1 Å². The van der Waals surface area contributed by atoms with Crippen LogP contribution < -0.4 is 9.47 Å². The van der Waals surface area contributed by atoms with Gasteiger partial charge in [-0.05, 0) is 43.9 Å². The van der Waals surface area contributed by atoms with E-state index < -0.39 is 11.6 Å². The molecular formula is C15H16O6. The summed E-state index contributed by atoms with van der Waals surface area (Å²) < 4.78 is 15.3. The molecular weight excluding hydrogens is 276 g/mol. The number of carbonyl (C=O) groups excluding carboxylic acids is 2. The summed E-state index contributed by atoms with van der Waals surface area (Å²) >= 11 is 0. The molecule has 6 nitrogen and oxygen atoms in total. The first-order valence-electron chi connectivity index (χ1n) is 6.91. The summed E-state index contributed by atoms with van der Waals surface area (Å²) in [5.41, 5.74) is -1.04. The van der Waals surface area contributed by atoms with Crippen molar-refractivity contribution in [2.24, 2.45) is 0 Å². The molecule has 0 unspecified atom stereocenters. The zero-order valence-corrected chi connectivity index (χ0v) is 11.5. The van der Waals surface area contributed by atoms with E-state index in [1.54, 1.807) is 18.2 Å². The van der Waals surface area contributed by atoms with E-state index >= 15 is 0 Å². The molecule has 0 atom stereocenters. The van der Waals surface area contributed by atoms with Crippen LogP contribution in [0.4, 0.5) is 0 Å². The summed E-state index contributed by atoms with van der Waals surface area (Å²) in [6.07, 6.45) is 2.37. The SMILES string of the molecule is O=C(COC(=O)C1(O)CCCC1)c1ccc2c(c1)OCO2. The third kappa shape index (κ3) is 2.71. The number of ketones is 1. The fourth-order valence-corrected chi connectivity index (χ4v) is 2.58. The number of carbonyl (C=O) groups is 2. The van der Waals surface area contributed by atoms with Gasteiger partial charge in [-0.25, -0.2) is 4.79 Å². The normalized spacial score (nSPS) is 18.5. The van der Waals surface area contributed by atoms with E-state index in [2.05, 4.69) is 0 Å². The quantitative estimate of drug-likeness (QED) is 0.668. The Balaban J connectivity index is 1.60. The van der Waals surface area contributed by atoms with Crippen molar-refractivity contribution in [2.45, 2.75) is 31.3 Å². The average molecular weight is 292 g/mol. The second-order valence-corrected chi connectivity index (χ2v) is 5.31. The van der Waals surface area contributed by atoms with Crippen LogP contribution in [0.5, 0.6) is 11.5 Å². The number of ether oxygens (including phenoxy) is 3. The number of Topliss-reactive ketones (excluding diaryl/α,β-unsaturated/α-hetero) is 1. The largest absolute Gasteiger partial charge is 0.455 e. The fourth-order valence-electron chi connectivity index (χ4n) is 2.58. The Bertz CT molecular complexity index is 574. The van der Waals surface area contributed by atoms with Gasteiger partial charge in [-0.15, -0.1) is 0 Å². The Hall–Kier alpha value is -2.08. The van der Waals surface area contributed by atoms with Gasteiger partial charge in [0.15, 0.2) is 29.5 Å². The van der Waals surface area contributed by atoms with Crippen LogP contribution in [0, 0.1) is 0 Å². The van der Waals surface area contributed by atoms with Gasteiger partial charge in [-0.2, -0.15) is 0 Å². The van der Waals surface area contributed by atoms with Crippen LogP contribution >= 0.6 is 0 Å². The first kappa shape index (κ1) is 13.9. The van der Waals surface area contributed by atoms with E-state index in [0.717, 1.165) is 12.8 Å². The Morgan fingerprint density at radius 1 is 1.19 bits per heavy atom. The van der Waals surface area contributed by atoms with Crippen LogP contribution in [0.1, 0.15) is 36.0 Å². The minimum Gasteiger partial charge on any atom is -0.455 e. The molecule has 1 aliphatic heterocycles. The Morgan fingerprint density at radius 3 is 2.67 bits per heavy atom. The van der Waals surface area contributed by atoms with Crippen molar-refractivity contribution < 1.29 is 28.9 Å². The van der Waals surface area contributed by atoms with E-state index in [4.69, 9.17) is 14.2 Å². The monoisotopic (exact) mass is 292 g/mol. The van der Waals surface area contributed by atoms with Gasteiger partial charge in [0.2, 0.25) is 6.79 Å². The summed E-state index contributed by atoms with van der Waals surface area (Å²) in [7, 11) is 0. The first-order valence-corrected chi connectivity index (χ1v) is 6.91. The molecule has 3 rings (SSSR count). The van der Waals surface area contributed by atoms with Crippen LogP contribution in [-0.4, -0.2) is 35.9 Å². The lowest BCUT2D eigenvalue weighted by atomic mass is 10.0. The summed E-state index contributed by atoms with van der Waals surface area (Å²) in [5, 5.41) is 10.0. The zero-order chi connectivity index (χ0) is 14.9. The minimum atomic E-state index is -1.42. The lowest BCUT2D eigenvalue weighted by Gasteiger charge is -2.19. The maximum atomic E-state index is 12.0. The molecule has 112 valence electrons. The second-order valence-electron chi connectivity index (χ2n) is 5.31. The maximum absolute atomic E-state index is 12.0. The van der Waals surface area contributed by atoms with E-state index in [9.17, 15) is 14.7 Å². The molecule has 1 saturated carbocycles. The highest BCUT2D eigenvalue weighted by atomic mass is 16.7. The summed E-state index contributed by atoms with van der Waals surface area (Å²) in [6, 6.07) is 4.79. The molecule has 1 aliphatic carbocycles. The molecule has 2 aliphatic rings. The third-order valence-electron chi connectivity index (χ3n) is 3.84. The Kier molecular flexibility index (Phi) is 3.55. The van der Waals surface area contributed by atoms with Crippen molar-refractivity contribution in [2.75, 3.05) is 13.4 Å². The van der Waals surface area contributed by atoms with Gasteiger partial charge >= 0.3 is 5.97 Å². The molecule has 1 aromatic carbocycles. The number of esters is 1. The zero-order valence-electron chi connectivity index (χ0n) is 11.5. The molecule has 1 N–H and O–H groups in total. The molecule has 1 fully saturated rings. The number of rotatable bonds is 4. The van der Waals surface area contributed by atoms with E-state index in [0.29, 0.717) is 29.9 Å². The van der Waals surface area contributed by atoms with E-state index in [1.807, 2.05) is 0 Å². The molecule has 0 spiro atoms. The number of hydrogen-bond donors (Lipinski definition) is 1. The highest BCUT2D eigenvalue weighted by molar-refractivity contribution is 5.98. The first-order chi connectivity index (χ1) is 10.1. The van der Waals surface area contributed by atoms with Crippen molar-refractivity contribution in [1.29, 1.82) is 0 Å². The van der Waals surface area contributed by atoms with Crippen LogP contribution in [0.15, 0.2) is 18.2 Å². The number of benzene rings is 1. The van der Waals surface area contributed by atoms with Crippen molar-refractivity contribution >= 4 is 11.8 Å². The molecule has 0 amide bonds. The van der Waals surface area contributed by atoms with Crippen LogP contribution in [-0.2, 0) is 9.53 Å².